The van der Waals surface area contributed by atoms with Crippen LogP contribution in [-0.2, 0) is 0 Å². The zero-order chi connectivity index (χ0) is 22.1. The van der Waals surface area contributed by atoms with Gasteiger partial charge in [0.15, 0.2) is 0 Å². The number of allylic oxidation sites excluding steroid dienone is 2. The van der Waals surface area contributed by atoms with E-state index in [4.69, 9.17) is 0 Å². The van der Waals surface area contributed by atoms with Crippen molar-refractivity contribution in [3.63, 3.8) is 0 Å². The van der Waals surface area contributed by atoms with Crippen molar-refractivity contribution in [3.05, 3.63) is 42.0 Å². The van der Waals surface area contributed by atoms with E-state index in [1.807, 2.05) is 18.2 Å². The van der Waals surface area contributed by atoms with Gasteiger partial charge in [-0.3, -0.25) is 0 Å². The molecule has 0 heterocycles. The standard InChI is InChI=1S/C26H36F4O/c27-25(28)6-4-2-1-3-5-19-7-9-20(10-8-19)21-11-13-22(14-12-21)23-15-17-24(18-16-23)31-26(29)30/h1-2,15-22,25-26H,3-14H2/b2-1+. The molecule has 0 unspecified atom stereocenters. The highest BCUT2D eigenvalue weighted by atomic mass is 19.3. The molecule has 0 aromatic heterocycles. The SMILES string of the molecule is FC(F)CC/C=C/CCC1CCC(C2CCC(c3ccc(OC(F)F)cc3)CC2)CC1. The summed E-state index contributed by atoms with van der Waals surface area (Å²) in [5.41, 5.74) is 1.24. The Morgan fingerprint density at radius 2 is 1.35 bits per heavy atom. The summed E-state index contributed by atoms with van der Waals surface area (Å²) in [7, 11) is 0. The molecule has 174 valence electrons. The van der Waals surface area contributed by atoms with Gasteiger partial charge in [0, 0.05) is 6.42 Å². The van der Waals surface area contributed by atoms with Crippen molar-refractivity contribution in [3.8, 4) is 5.75 Å². The minimum Gasteiger partial charge on any atom is -0.435 e. The van der Waals surface area contributed by atoms with Crippen LogP contribution in [0.3, 0.4) is 0 Å². The highest BCUT2D eigenvalue weighted by Gasteiger charge is 2.31. The molecule has 1 nitrogen and oxygen atoms in total. The fourth-order valence-corrected chi connectivity index (χ4v) is 5.58. The summed E-state index contributed by atoms with van der Waals surface area (Å²) >= 11 is 0. The Labute approximate surface area is 184 Å². The highest BCUT2D eigenvalue weighted by molar-refractivity contribution is 5.29. The molecule has 0 N–H and O–H groups in total. The summed E-state index contributed by atoms with van der Waals surface area (Å²) in [6.07, 6.45) is 14.6. The summed E-state index contributed by atoms with van der Waals surface area (Å²) in [5.74, 6) is 3.23. The number of alkyl halides is 4. The van der Waals surface area contributed by atoms with Gasteiger partial charge in [0.05, 0.1) is 0 Å². The third kappa shape index (κ3) is 8.16. The molecule has 2 saturated carbocycles. The van der Waals surface area contributed by atoms with Gasteiger partial charge in [0.25, 0.3) is 0 Å². The van der Waals surface area contributed by atoms with Gasteiger partial charge >= 0.3 is 6.61 Å². The monoisotopic (exact) mass is 440 g/mol. The molecule has 1 aromatic carbocycles. The summed E-state index contributed by atoms with van der Waals surface area (Å²) in [4.78, 5) is 0. The predicted molar refractivity (Wildman–Crippen MR) is 117 cm³/mol. The maximum atomic E-state index is 12.3. The lowest BCUT2D eigenvalue weighted by atomic mass is 9.68. The fraction of sp³-hybridized carbons (Fsp3) is 0.692. The molecule has 31 heavy (non-hydrogen) atoms. The summed E-state index contributed by atoms with van der Waals surface area (Å²) in [6, 6.07) is 7.19. The molecule has 2 aliphatic rings. The van der Waals surface area contributed by atoms with Crippen molar-refractivity contribution >= 4 is 0 Å². The number of hydrogen-bond acceptors (Lipinski definition) is 1. The van der Waals surface area contributed by atoms with E-state index in [1.165, 1.54) is 63.4 Å². The van der Waals surface area contributed by atoms with Crippen LogP contribution in [0.25, 0.3) is 0 Å². The fourth-order valence-electron chi connectivity index (χ4n) is 5.58. The van der Waals surface area contributed by atoms with Crippen molar-refractivity contribution < 1.29 is 22.3 Å². The van der Waals surface area contributed by atoms with Gasteiger partial charge in [-0.2, -0.15) is 8.78 Å². The van der Waals surface area contributed by atoms with E-state index in [0.29, 0.717) is 12.3 Å². The third-order valence-electron chi connectivity index (χ3n) is 7.37. The molecule has 5 heteroatoms. The molecule has 0 amide bonds. The highest BCUT2D eigenvalue weighted by Crippen LogP contribution is 2.44. The third-order valence-corrected chi connectivity index (χ3v) is 7.37. The van der Waals surface area contributed by atoms with Crippen LogP contribution in [0.5, 0.6) is 5.75 Å². The normalized spacial score (nSPS) is 27.3. The second kappa shape index (κ2) is 12.5. The van der Waals surface area contributed by atoms with E-state index >= 15 is 0 Å². The van der Waals surface area contributed by atoms with Crippen LogP contribution in [0.1, 0.15) is 88.5 Å². The van der Waals surface area contributed by atoms with Gasteiger partial charge in [-0.15, -0.1) is 0 Å². The number of hydrogen-bond donors (Lipinski definition) is 0. The first kappa shape index (κ1) is 24.1. The maximum absolute atomic E-state index is 12.3. The van der Waals surface area contributed by atoms with E-state index in [2.05, 4.69) is 10.8 Å². The van der Waals surface area contributed by atoms with Crippen molar-refractivity contribution in [2.75, 3.05) is 0 Å². The Morgan fingerprint density at radius 1 is 0.774 bits per heavy atom. The van der Waals surface area contributed by atoms with Gasteiger partial charge in [-0.05, 0) is 99.2 Å². The van der Waals surface area contributed by atoms with Crippen molar-refractivity contribution in [2.45, 2.75) is 96.0 Å². The zero-order valence-electron chi connectivity index (χ0n) is 18.3. The van der Waals surface area contributed by atoms with Crippen molar-refractivity contribution in [2.24, 2.45) is 17.8 Å². The van der Waals surface area contributed by atoms with Crippen molar-refractivity contribution in [1.29, 1.82) is 0 Å². The van der Waals surface area contributed by atoms with E-state index in [-0.39, 0.29) is 12.2 Å². The minimum atomic E-state index is -2.77. The molecule has 0 bridgehead atoms. The lowest BCUT2D eigenvalue weighted by Gasteiger charge is -2.38. The van der Waals surface area contributed by atoms with Gasteiger partial charge in [-0.25, -0.2) is 8.78 Å². The number of halogens is 4. The number of benzene rings is 1. The molecule has 1 aromatic rings. The minimum absolute atomic E-state index is 0.0255. The topological polar surface area (TPSA) is 9.23 Å². The first-order valence-electron chi connectivity index (χ1n) is 12.0. The van der Waals surface area contributed by atoms with Crippen LogP contribution in [0, 0.1) is 17.8 Å². The van der Waals surface area contributed by atoms with Gasteiger partial charge < -0.3 is 4.74 Å². The van der Waals surface area contributed by atoms with Crippen LogP contribution >= 0.6 is 0 Å². The van der Waals surface area contributed by atoms with Crippen LogP contribution in [0.4, 0.5) is 17.6 Å². The predicted octanol–water partition coefficient (Wildman–Crippen LogP) is 8.75. The van der Waals surface area contributed by atoms with E-state index in [1.54, 1.807) is 12.1 Å². The largest absolute Gasteiger partial charge is 0.435 e. The van der Waals surface area contributed by atoms with E-state index in [0.717, 1.165) is 24.2 Å². The quantitative estimate of drug-likeness (QED) is 0.261. The van der Waals surface area contributed by atoms with Crippen LogP contribution in [0.15, 0.2) is 36.4 Å². The Balaban J connectivity index is 1.33. The number of ether oxygens (including phenoxy) is 1. The second-order valence-electron chi connectivity index (χ2n) is 9.36. The molecule has 0 spiro atoms. The zero-order valence-corrected chi connectivity index (χ0v) is 18.3. The first-order valence-corrected chi connectivity index (χ1v) is 12.0. The van der Waals surface area contributed by atoms with E-state index < -0.39 is 13.0 Å². The molecule has 2 aliphatic carbocycles. The Morgan fingerprint density at radius 3 is 1.94 bits per heavy atom. The number of rotatable bonds is 10. The second-order valence-corrected chi connectivity index (χ2v) is 9.36. The maximum Gasteiger partial charge on any atom is 0.387 e. The molecule has 2 fully saturated rings. The molecular formula is C26H36F4O. The molecule has 0 radical (unpaired) electrons. The Kier molecular flexibility index (Phi) is 9.73. The van der Waals surface area contributed by atoms with Gasteiger partial charge in [0.2, 0.25) is 6.43 Å². The van der Waals surface area contributed by atoms with Crippen LogP contribution in [-0.4, -0.2) is 13.0 Å². The molecule has 3 rings (SSSR count). The van der Waals surface area contributed by atoms with Crippen molar-refractivity contribution in [1.82, 2.24) is 0 Å². The summed E-state index contributed by atoms with van der Waals surface area (Å²) < 4.78 is 53.3. The van der Waals surface area contributed by atoms with Gasteiger partial charge in [-0.1, -0.05) is 37.1 Å². The smallest absolute Gasteiger partial charge is 0.387 e. The van der Waals surface area contributed by atoms with Crippen LogP contribution < -0.4 is 4.74 Å². The first-order chi connectivity index (χ1) is 15.0. The average Bonchev–Trinajstić information content (AvgIpc) is 2.77. The lowest BCUT2D eigenvalue weighted by Crippen LogP contribution is -2.25. The van der Waals surface area contributed by atoms with E-state index in [9.17, 15) is 17.6 Å². The Bertz CT molecular complexity index is 642. The van der Waals surface area contributed by atoms with Crippen LogP contribution in [0.2, 0.25) is 0 Å². The molecule has 0 atom stereocenters. The summed E-state index contributed by atoms with van der Waals surface area (Å²) in [5, 5.41) is 0. The Hall–Kier alpha value is -1.52. The average molecular weight is 441 g/mol. The molecule has 0 saturated heterocycles. The molecular weight excluding hydrogens is 404 g/mol. The summed E-state index contributed by atoms with van der Waals surface area (Å²) in [6.45, 7) is -2.77. The molecule has 0 aliphatic heterocycles. The lowest BCUT2D eigenvalue weighted by molar-refractivity contribution is -0.0498. The van der Waals surface area contributed by atoms with Gasteiger partial charge in [0.1, 0.15) is 5.75 Å².